The van der Waals surface area contributed by atoms with Crippen LogP contribution >= 0.6 is 0 Å². The van der Waals surface area contributed by atoms with E-state index in [2.05, 4.69) is 43.5 Å². The summed E-state index contributed by atoms with van der Waals surface area (Å²) in [4.78, 5) is 12.5. The van der Waals surface area contributed by atoms with Gasteiger partial charge in [-0.3, -0.25) is 4.79 Å². The zero-order valence-electron chi connectivity index (χ0n) is 30.6. The van der Waals surface area contributed by atoms with E-state index in [0.717, 1.165) is 32.1 Å². The minimum atomic E-state index is -0.886. The molecule has 3 atom stereocenters. The number of hydrogen-bond acceptors (Lipinski definition) is 3. The lowest BCUT2D eigenvalue weighted by atomic mass is 9.97. The Hall–Kier alpha value is -1.13. The number of nitrogens with one attached hydrogen (secondary N) is 1. The molecule has 0 saturated heterocycles. The van der Waals surface area contributed by atoms with Crippen molar-refractivity contribution in [3.05, 3.63) is 24.3 Å². The maximum absolute atomic E-state index is 12.5. The Morgan fingerprint density at radius 2 is 0.933 bits per heavy atom. The zero-order chi connectivity index (χ0) is 33.1. The van der Waals surface area contributed by atoms with Gasteiger partial charge in [-0.15, -0.1) is 0 Å². The molecule has 0 rings (SSSR count). The van der Waals surface area contributed by atoms with Gasteiger partial charge in [-0.25, -0.2) is 0 Å². The highest BCUT2D eigenvalue weighted by atomic mass is 16.3. The third-order valence-corrected chi connectivity index (χ3v) is 9.30. The molecule has 0 saturated carbocycles. The Bertz CT molecular complexity index is 661. The standard InChI is InChI=1S/C41H79NO3/c1-4-7-9-11-13-15-17-19-21-22-23-25-27-29-31-33-35-37-40(44)42-38(6-3)41(45)39(43)36-34-32-30-28-26-24-20-18-16-14-12-10-8-5-2/h13,15,19,21,38-39,41,43,45H,4-12,14,16-18,20,22-37H2,1-3H3,(H,42,44)/t38-,39+,41-/m0/s1. The van der Waals surface area contributed by atoms with Crippen LogP contribution in [0.5, 0.6) is 0 Å². The van der Waals surface area contributed by atoms with E-state index in [4.69, 9.17) is 0 Å². The van der Waals surface area contributed by atoms with E-state index in [-0.39, 0.29) is 11.9 Å². The molecule has 0 aliphatic rings. The van der Waals surface area contributed by atoms with Crippen molar-refractivity contribution in [2.45, 2.75) is 232 Å². The van der Waals surface area contributed by atoms with E-state index in [1.807, 2.05) is 6.92 Å². The number of unbranched alkanes of at least 4 members (excludes halogenated alkanes) is 23. The molecule has 0 aromatic heterocycles. The fourth-order valence-electron chi connectivity index (χ4n) is 6.15. The third-order valence-electron chi connectivity index (χ3n) is 9.30. The second-order valence-corrected chi connectivity index (χ2v) is 13.7. The second-order valence-electron chi connectivity index (χ2n) is 13.7. The number of carbonyl (C=O) groups excluding carboxylic acids is 1. The monoisotopic (exact) mass is 634 g/mol. The van der Waals surface area contributed by atoms with Crippen LogP contribution in [0, 0.1) is 0 Å². The molecule has 266 valence electrons. The molecule has 0 spiro atoms. The number of carbonyl (C=O) groups is 1. The van der Waals surface area contributed by atoms with Gasteiger partial charge in [0.15, 0.2) is 0 Å². The Labute approximate surface area is 281 Å². The van der Waals surface area contributed by atoms with Crippen LogP contribution in [-0.4, -0.2) is 34.4 Å². The molecule has 4 heteroatoms. The molecular weight excluding hydrogens is 554 g/mol. The highest BCUT2D eigenvalue weighted by molar-refractivity contribution is 5.76. The van der Waals surface area contributed by atoms with E-state index >= 15 is 0 Å². The molecule has 45 heavy (non-hydrogen) atoms. The molecular formula is C41H79NO3. The number of allylic oxidation sites excluding steroid dienone is 4. The molecule has 0 fully saturated rings. The molecule has 0 bridgehead atoms. The van der Waals surface area contributed by atoms with E-state index in [9.17, 15) is 15.0 Å². The third kappa shape index (κ3) is 31.2. The summed E-state index contributed by atoms with van der Waals surface area (Å²) in [5.41, 5.74) is 0. The van der Waals surface area contributed by atoms with Gasteiger partial charge in [-0.05, 0) is 51.4 Å². The number of aliphatic hydroxyl groups is 2. The van der Waals surface area contributed by atoms with Gasteiger partial charge < -0.3 is 15.5 Å². The molecule has 0 aliphatic heterocycles. The lowest BCUT2D eigenvalue weighted by molar-refractivity contribution is -0.123. The van der Waals surface area contributed by atoms with Crippen LogP contribution in [0.2, 0.25) is 0 Å². The van der Waals surface area contributed by atoms with Crippen LogP contribution in [0.4, 0.5) is 0 Å². The molecule has 0 aliphatic carbocycles. The largest absolute Gasteiger partial charge is 0.390 e. The van der Waals surface area contributed by atoms with Gasteiger partial charge >= 0.3 is 0 Å². The molecule has 0 radical (unpaired) electrons. The molecule has 0 heterocycles. The average Bonchev–Trinajstić information content (AvgIpc) is 3.04. The van der Waals surface area contributed by atoms with Gasteiger partial charge in [0.25, 0.3) is 0 Å². The maximum atomic E-state index is 12.5. The summed E-state index contributed by atoms with van der Waals surface area (Å²) in [7, 11) is 0. The normalized spacial score (nSPS) is 14.0. The van der Waals surface area contributed by atoms with Gasteiger partial charge in [0.05, 0.1) is 18.2 Å². The first-order valence-electron chi connectivity index (χ1n) is 20.0. The van der Waals surface area contributed by atoms with Crippen LogP contribution in [0.25, 0.3) is 0 Å². The summed E-state index contributed by atoms with van der Waals surface area (Å²) < 4.78 is 0. The van der Waals surface area contributed by atoms with Gasteiger partial charge in [-0.1, -0.05) is 180 Å². The number of hydrogen-bond donors (Lipinski definition) is 3. The first-order chi connectivity index (χ1) is 22.1. The van der Waals surface area contributed by atoms with Crippen molar-refractivity contribution < 1.29 is 15.0 Å². The van der Waals surface area contributed by atoms with Gasteiger partial charge in [0.2, 0.25) is 5.91 Å². The highest BCUT2D eigenvalue weighted by Crippen LogP contribution is 2.16. The van der Waals surface area contributed by atoms with E-state index in [1.165, 1.54) is 141 Å². The lowest BCUT2D eigenvalue weighted by Gasteiger charge is -2.27. The van der Waals surface area contributed by atoms with Gasteiger partial charge in [0.1, 0.15) is 0 Å². The zero-order valence-corrected chi connectivity index (χ0v) is 30.6. The van der Waals surface area contributed by atoms with Crippen LogP contribution in [0.3, 0.4) is 0 Å². The van der Waals surface area contributed by atoms with Gasteiger partial charge in [0, 0.05) is 6.42 Å². The van der Waals surface area contributed by atoms with Crippen molar-refractivity contribution in [1.82, 2.24) is 5.32 Å². The molecule has 0 aromatic carbocycles. The van der Waals surface area contributed by atoms with Crippen molar-refractivity contribution in [3.63, 3.8) is 0 Å². The van der Waals surface area contributed by atoms with E-state index < -0.39 is 12.2 Å². The SMILES string of the molecule is CCCCCC=CCC=CCCCCCCCCCC(=O)N[C@@H](CC)[C@H](O)[C@H](O)CCCCCCCCCCCCCCCC. The first kappa shape index (κ1) is 43.9. The van der Waals surface area contributed by atoms with Crippen molar-refractivity contribution in [2.75, 3.05) is 0 Å². The first-order valence-corrected chi connectivity index (χ1v) is 20.0. The fraction of sp³-hybridized carbons (Fsp3) is 0.878. The summed E-state index contributed by atoms with van der Waals surface area (Å²) >= 11 is 0. The Kier molecular flexibility index (Phi) is 34.8. The van der Waals surface area contributed by atoms with Crippen molar-refractivity contribution >= 4 is 5.91 Å². The van der Waals surface area contributed by atoms with Crippen LogP contribution in [0.15, 0.2) is 24.3 Å². The minimum absolute atomic E-state index is 0.00665. The Balaban J connectivity index is 3.69. The summed E-state index contributed by atoms with van der Waals surface area (Å²) in [6.07, 6.45) is 43.3. The fourth-order valence-corrected chi connectivity index (χ4v) is 6.15. The second kappa shape index (κ2) is 35.7. The molecule has 0 aromatic rings. The van der Waals surface area contributed by atoms with Crippen LogP contribution in [-0.2, 0) is 4.79 Å². The number of rotatable bonds is 35. The average molecular weight is 634 g/mol. The molecule has 1 amide bonds. The predicted molar refractivity (Wildman–Crippen MR) is 198 cm³/mol. The molecule has 0 unspecified atom stereocenters. The van der Waals surface area contributed by atoms with Crippen LogP contribution in [0.1, 0.15) is 213 Å². The Morgan fingerprint density at radius 1 is 0.533 bits per heavy atom. The van der Waals surface area contributed by atoms with Crippen molar-refractivity contribution in [1.29, 1.82) is 0 Å². The van der Waals surface area contributed by atoms with Crippen LogP contribution < -0.4 is 5.32 Å². The quantitative estimate of drug-likeness (QED) is 0.0480. The number of aliphatic hydroxyl groups excluding tert-OH is 2. The Morgan fingerprint density at radius 3 is 1.42 bits per heavy atom. The summed E-state index contributed by atoms with van der Waals surface area (Å²) in [6.45, 7) is 6.49. The smallest absolute Gasteiger partial charge is 0.220 e. The van der Waals surface area contributed by atoms with E-state index in [1.54, 1.807) is 0 Å². The molecule has 3 N–H and O–H groups in total. The van der Waals surface area contributed by atoms with Gasteiger partial charge in [-0.2, -0.15) is 0 Å². The van der Waals surface area contributed by atoms with Crippen molar-refractivity contribution in [2.24, 2.45) is 0 Å². The highest BCUT2D eigenvalue weighted by Gasteiger charge is 2.26. The minimum Gasteiger partial charge on any atom is -0.390 e. The lowest BCUT2D eigenvalue weighted by Crippen LogP contribution is -2.48. The van der Waals surface area contributed by atoms with E-state index in [0.29, 0.717) is 19.3 Å². The summed E-state index contributed by atoms with van der Waals surface area (Å²) in [6, 6.07) is -0.366. The topological polar surface area (TPSA) is 69.6 Å². The molecule has 4 nitrogen and oxygen atoms in total. The maximum Gasteiger partial charge on any atom is 0.220 e. The number of amides is 1. The summed E-state index contributed by atoms with van der Waals surface area (Å²) in [5, 5.41) is 24.2. The summed E-state index contributed by atoms with van der Waals surface area (Å²) in [5.74, 6) is 0.00665. The predicted octanol–water partition coefficient (Wildman–Crippen LogP) is 12.1. The van der Waals surface area contributed by atoms with Crippen molar-refractivity contribution in [3.8, 4) is 0 Å².